The maximum absolute atomic E-state index is 13.3. The van der Waals surface area contributed by atoms with Gasteiger partial charge >= 0.3 is 5.91 Å². The Morgan fingerprint density at radius 2 is 1.64 bits per heavy atom. The number of carbonyl (C=O) groups excluding carboxylic acids is 2. The number of ketones is 1. The number of nitrogens with zero attached hydrogens (tertiary/aromatic N) is 3. The first-order chi connectivity index (χ1) is 18.9. The maximum atomic E-state index is 13.3. The van der Waals surface area contributed by atoms with E-state index in [1.807, 2.05) is 32.0 Å². The van der Waals surface area contributed by atoms with E-state index in [1.165, 1.54) is 16.2 Å². The van der Waals surface area contributed by atoms with Gasteiger partial charge < -0.3 is 14.6 Å². The molecule has 0 spiro atoms. The molecule has 1 fully saturated rings. The van der Waals surface area contributed by atoms with Gasteiger partial charge in [-0.15, -0.1) is 10.2 Å². The van der Waals surface area contributed by atoms with Crippen LogP contribution in [-0.4, -0.2) is 33.6 Å². The quantitative estimate of drug-likeness (QED) is 0.172. The lowest BCUT2D eigenvalue weighted by Crippen LogP contribution is -2.29. The second-order valence-electron chi connectivity index (χ2n) is 9.08. The van der Waals surface area contributed by atoms with Crippen LogP contribution < -0.4 is 14.4 Å². The number of amides is 1. The van der Waals surface area contributed by atoms with Crippen molar-refractivity contribution in [2.75, 3.05) is 11.5 Å². The summed E-state index contributed by atoms with van der Waals surface area (Å²) in [6.07, 6.45) is 0. The molecule has 3 aromatic carbocycles. The molecule has 1 aromatic heterocycles. The molecule has 8 nitrogen and oxygen atoms in total. The van der Waals surface area contributed by atoms with Gasteiger partial charge in [-0.1, -0.05) is 53.3 Å². The molecule has 0 saturated carbocycles. The molecule has 9 heteroatoms. The van der Waals surface area contributed by atoms with Crippen molar-refractivity contribution in [2.24, 2.45) is 0 Å². The van der Waals surface area contributed by atoms with Gasteiger partial charge in [-0.2, -0.15) is 0 Å². The van der Waals surface area contributed by atoms with Gasteiger partial charge in [0.1, 0.15) is 28.9 Å². The van der Waals surface area contributed by atoms with Gasteiger partial charge in [0.15, 0.2) is 0 Å². The highest BCUT2D eigenvalue weighted by Gasteiger charge is 2.48. The molecule has 1 atom stereocenters. The number of ether oxygens (including phenoxy) is 2. The van der Waals surface area contributed by atoms with E-state index in [4.69, 9.17) is 9.47 Å². The van der Waals surface area contributed by atoms with E-state index in [9.17, 15) is 14.7 Å². The SMILES string of the molecule is CCOc1ccc(C2/C(=C(\O)c3ccc(OCc4cccc(C)c4)cc3)C(=O)C(=O)N2c2nnc(C)s2)cc1. The van der Waals surface area contributed by atoms with Crippen molar-refractivity contribution < 1.29 is 24.2 Å². The molecule has 39 heavy (non-hydrogen) atoms. The summed E-state index contributed by atoms with van der Waals surface area (Å²) in [6, 6.07) is 21.0. The summed E-state index contributed by atoms with van der Waals surface area (Å²) in [4.78, 5) is 27.9. The van der Waals surface area contributed by atoms with Crippen molar-refractivity contribution in [2.45, 2.75) is 33.4 Å². The normalized spacial score (nSPS) is 16.5. The minimum Gasteiger partial charge on any atom is -0.507 e. The largest absolute Gasteiger partial charge is 0.507 e. The Labute approximate surface area is 230 Å². The van der Waals surface area contributed by atoms with Crippen LogP contribution in [0.4, 0.5) is 5.13 Å². The first kappa shape index (κ1) is 26.1. The molecule has 0 aliphatic carbocycles. The van der Waals surface area contributed by atoms with E-state index < -0.39 is 17.7 Å². The van der Waals surface area contributed by atoms with Gasteiger partial charge in [-0.05, 0) is 68.3 Å². The summed E-state index contributed by atoms with van der Waals surface area (Å²) in [5.74, 6) is -0.572. The van der Waals surface area contributed by atoms with Crippen LogP contribution in [0.1, 0.15) is 40.2 Å². The Bertz CT molecular complexity index is 1540. The summed E-state index contributed by atoms with van der Waals surface area (Å²) in [7, 11) is 0. The van der Waals surface area contributed by atoms with Crippen LogP contribution in [0.15, 0.2) is 78.4 Å². The minimum absolute atomic E-state index is 0.0227. The van der Waals surface area contributed by atoms with E-state index in [0.717, 1.165) is 11.1 Å². The molecule has 198 valence electrons. The molecule has 1 aliphatic rings. The molecule has 1 amide bonds. The number of anilines is 1. The molecule has 5 rings (SSSR count). The third-order valence-electron chi connectivity index (χ3n) is 6.29. The van der Waals surface area contributed by atoms with E-state index in [2.05, 4.69) is 16.3 Å². The van der Waals surface area contributed by atoms with E-state index >= 15 is 0 Å². The second-order valence-corrected chi connectivity index (χ2v) is 10.2. The summed E-state index contributed by atoms with van der Waals surface area (Å²) in [5.41, 5.74) is 3.19. The fraction of sp³-hybridized carbons (Fsp3) is 0.200. The summed E-state index contributed by atoms with van der Waals surface area (Å²) in [6.45, 7) is 6.59. The Morgan fingerprint density at radius 1 is 0.949 bits per heavy atom. The molecule has 1 unspecified atom stereocenters. The standard InChI is InChI=1S/C30H27N3O5S/c1-4-37-23-12-8-21(9-13-23)26-25(28(35)29(36)33(26)30-32-31-19(3)39-30)27(34)22-10-14-24(15-11-22)38-17-20-7-5-6-18(2)16-20/h5-16,26,34H,4,17H2,1-3H3/b27-25+. The van der Waals surface area contributed by atoms with Crippen LogP contribution in [0.25, 0.3) is 5.76 Å². The number of benzene rings is 3. The first-order valence-corrected chi connectivity index (χ1v) is 13.3. The lowest BCUT2D eigenvalue weighted by molar-refractivity contribution is -0.132. The zero-order valence-electron chi connectivity index (χ0n) is 21.7. The number of carbonyl (C=O) groups is 2. The highest BCUT2D eigenvalue weighted by molar-refractivity contribution is 7.15. The lowest BCUT2D eigenvalue weighted by atomic mass is 9.95. The van der Waals surface area contributed by atoms with Crippen molar-refractivity contribution in [1.82, 2.24) is 10.2 Å². The monoisotopic (exact) mass is 541 g/mol. The second kappa shape index (κ2) is 11.1. The summed E-state index contributed by atoms with van der Waals surface area (Å²) < 4.78 is 11.4. The van der Waals surface area contributed by atoms with Crippen LogP contribution in [0, 0.1) is 13.8 Å². The maximum Gasteiger partial charge on any atom is 0.301 e. The average Bonchev–Trinajstić information content (AvgIpc) is 3.48. The Morgan fingerprint density at radius 3 is 2.28 bits per heavy atom. The van der Waals surface area contributed by atoms with Crippen LogP contribution >= 0.6 is 11.3 Å². The molecule has 4 aromatic rings. The number of aliphatic hydroxyl groups excluding tert-OH is 1. The number of hydrogen-bond acceptors (Lipinski definition) is 8. The average molecular weight is 542 g/mol. The van der Waals surface area contributed by atoms with Gasteiger partial charge in [0.2, 0.25) is 5.13 Å². The number of hydrogen-bond donors (Lipinski definition) is 1. The topological polar surface area (TPSA) is 102 Å². The van der Waals surface area contributed by atoms with E-state index in [1.54, 1.807) is 55.5 Å². The number of aliphatic hydroxyl groups is 1. The molecule has 2 heterocycles. The van der Waals surface area contributed by atoms with Crippen LogP contribution in [0.2, 0.25) is 0 Å². The molecule has 1 aliphatic heterocycles. The summed E-state index contributed by atoms with van der Waals surface area (Å²) >= 11 is 1.20. The van der Waals surface area contributed by atoms with Crippen LogP contribution in [0.5, 0.6) is 11.5 Å². The molecule has 1 saturated heterocycles. The zero-order chi connectivity index (χ0) is 27.5. The molecular weight excluding hydrogens is 514 g/mol. The highest BCUT2D eigenvalue weighted by Crippen LogP contribution is 2.43. The number of rotatable bonds is 8. The van der Waals surface area contributed by atoms with Crippen molar-refractivity contribution in [3.05, 3.63) is 106 Å². The fourth-order valence-corrected chi connectivity index (χ4v) is 5.19. The van der Waals surface area contributed by atoms with Crippen molar-refractivity contribution >= 4 is 33.9 Å². The zero-order valence-corrected chi connectivity index (χ0v) is 22.6. The molecular formula is C30H27N3O5S. The van der Waals surface area contributed by atoms with Gasteiger partial charge in [0, 0.05) is 5.56 Å². The van der Waals surface area contributed by atoms with Crippen molar-refractivity contribution in [3.8, 4) is 11.5 Å². The molecule has 0 radical (unpaired) electrons. The molecule has 0 bridgehead atoms. The predicted octanol–water partition coefficient (Wildman–Crippen LogP) is 5.76. The van der Waals surface area contributed by atoms with E-state index in [-0.39, 0.29) is 16.5 Å². The Hall–Kier alpha value is -4.50. The van der Waals surface area contributed by atoms with Crippen LogP contribution in [0.3, 0.4) is 0 Å². The van der Waals surface area contributed by atoms with Gasteiger partial charge in [0.25, 0.3) is 5.78 Å². The fourth-order valence-electron chi connectivity index (χ4n) is 4.47. The van der Waals surface area contributed by atoms with Gasteiger partial charge in [-0.3, -0.25) is 14.5 Å². The van der Waals surface area contributed by atoms with Crippen LogP contribution in [-0.2, 0) is 16.2 Å². The van der Waals surface area contributed by atoms with Crippen molar-refractivity contribution in [3.63, 3.8) is 0 Å². The third-order valence-corrected chi connectivity index (χ3v) is 7.13. The van der Waals surface area contributed by atoms with E-state index in [0.29, 0.717) is 40.8 Å². The highest BCUT2D eigenvalue weighted by atomic mass is 32.1. The predicted molar refractivity (Wildman–Crippen MR) is 149 cm³/mol. The summed E-state index contributed by atoms with van der Waals surface area (Å²) in [5, 5.41) is 20.4. The Balaban J connectivity index is 1.49. The molecule has 1 N–H and O–H groups in total. The smallest absolute Gasteiger partial charge is 0.301 e. The van der Waals surface area contributed by atoms with Gasteiger partial charge in [-0.25, -0.2) is 0 Å². The number of aryl methyl sites for hydroxylation is 2. The Kier molecular flexibility index (Phi) is 7.42. The van der Waals surface area contributed by atoms with Gasteiger partial charge in [0.05, 0.1) is 18.2 Å². The lowest BCUT2D eigenvalue weighted by Gasteiger charge is -2.22. The third kappa shape index (κ3) is 5.39. The van der Waals surface area contributed by atoms with Crippen molar-refractivity contribution in [1.29, 1.82) is 0 Å². The number of Topliss-reactive ketones (excluding diaryl/α,β-unsaturated/α-hetero) is 1. The minimum atomic E-state index is -0.884. The first-order valence-electron chi connectivity index (χ1n) is 12.5. The number of aromatic nitrogens is 2.